The van der Waals surface area contributed by atoms with Crippen LogP contribution in [0.15, 0.2) is 79.0 Å². The molecule has 0 unspecified atom stereocenters. The number of ether oxygens (including phenoxy) is 1. The van der Waals surface area contributed by atoms with Crippen LogP contribution < -0.4 is 10.6 Å². The van der Waals surface area contributed by atoms with E-state index in [-0.39, 0.29) is 30.7 Å². The van der Waals surface area contributed by atoms with Gasteiger partial charge in [0.15, 0.2) is 0 Å². The van der Waals surface area contributed by atoms with Crippen LogP contribution in [0.4, 0.5) is 0 Å². The van der Waals surface area contributed by atoms with Gasteiger partial charge in [-0.2, -0.15) is 0 Å². The molecule has 0 bridgehead atoms. The highest BCUT2D eigenvalue weighted by molar-refractivity contribution is 5.91. The van der Waals surface area contributed by atoms with Crippen molar-refractivity contribution >= 4 is 39.5 Å². The number of amides is 2. The first-order chi connectivity index (χ1) is 20.3. The van der Waals surface area contributed by atoms with Crippen LogP contribution in [0.5, 0.6) is 0 Å². The molecule has 1 heterocycles. The molecule has 0 saturated heterocycles. The fourth-order valence-electron chi connectivity index (χ4n) is 5.23. The van der Waals surface area contributed by atoms with E-state index in [2.05, 4.69) is 35.5 Å². The van der Waals surface area contributed by atoms with Crippen molar-refractivity contribution < 1.29 is 19.1 Å². The summed E-state index contributed by atoms with van der Waals surface area (Å²) in [6, 6.07) is 22.7. The van der Waals surface area contributed by atoms with Crippen molar-refractivity contribution in [3.63, 3.8) is 0 Å². The van der Waals surface area contributed by atoms with E-state index in [1.807, 2.05) is 72.9 Å². The fraction of sp³-hybridized carbons (Fsp3) is 0.353. The summed E-state index contributed by atoms with van der Waals surface area (Å²) in [6.07, 6.45) is 2.66. The molecule has 220 valence electrons. The Balaban J connectivity index is 1.63. The van der Waals surface area contributed by atoms with Crippen LogP contribution >= 0.6 is 0 Å². The Labute approximate surface area is 247 Å². The number of carbonyl (C=O) groups is 3. The van der Waals surface area contributed by atoms with E-state index in [1.165, 1.54) is 7.11 Å². The lowest BCUT2D eigenvalue weighted by molar-refractivity contribution is -0.146. The Morgan fingerprint density at radius 2 is 1.60 bits per heavy atom. The molecule has 8 heteroatoms. The Kier molecular flexibility index (Phi) is 10.6. The largest absolute Gasteiger partial charge is 0.469 e. The first kappa shape index (κ1) is 30.7. The first-order valence-corrected chi connectivity index (χ1v) is 14.4. The SMILES string of the molecule is CNC(=O)[C@H](Cc1ccc2ccccc2c1)N(CCC(=O)OC)C(=O)[C@H](CC(C)C)NCc1cnc2ccccc2c1. The van der Waals surface area contributed by atoms with Gasteiger partial charge in [-0.3, -0.25) is 19.4 Å². The van der Waals surface area contributed by atoms with Gasteiger partial charge in [0.25, 0.3) is 0 Å². The minimum Gasteiger partial charge on any atom is -0.469 e. The molecule has 0 saturated carbocycles. The molecule has 0 spiro atoms. The lowest BCUT2D eigenvalue weighted by atomic mass is 9.97. The molecule has 0 fully saturated rings. The summed E-state index contributed by atoms with van der Waals surface area (Å²) in [4.78, 5) is 45.9. The number of fused-ring (bicyclic) bond motifs is 2. The summed E-state index contributed by atoms with van der Waals surface area (Å²) in [5.74, 6) is -0.744. The number of benzene rings is 3. The average Bonchev–Trinajstić information content (AvgIpc) is 3.01. The quantitative estimate of drug-likeness (QED) is 0.228. The van der Waals surface area contributed by atoms with Gasteiger partial charge in [0, 0.05) is 38.1 Å². The van der Waals surface area contributed by atoms with E-state index < -0.39 is 18.1 Å². The molecule has 3 aromatic carbocycles. The third-order valence-corrected chi connectivity index (χ3v) is 7.44. The van der Waals surface area contributed by atoms with Gasteiger partial charge in [-0.1, -0.05) is 74.5 Å². The minimum absolute atomic E-state index is 0.0174. The average molecular weight is 569 g/mol. The van der Waals surface area contributed by atoms with Gasteiger partial charge in [-0.05, 0) is 46.4 Å². The Hall–Kier alpha value is -4.30. The number of esters is 1. The van der Waals surface area contributed by atoms with Gasteiger partial charge in [-0.15, -0.1) is 0 Å². The third-order valence-electron chi connectivity index (χ3n) is 7.44. The molecule has 0 radical (unpaired) electrons. The van der Waals surface area contributed by atoms with Crippen molar-refractivity contribution in [3.8, 4) is 0 Å². The summed E-state index contributed by atoms with van der Waals surface area (Å²) in [7, 11) is 2.88. The number of carbonyl (C=O) groups excluding carboxylic acids is 3. The molecular formula is C34H40N4O4. The van der Waals surface area contributed by atoms with Crippen LogP contribution in [-0.2, 0) is 32.1 Å². The molecule has 8 nitrogen and oxygen atoms in total. The highest BCUT2D eigenvalue weighted by atomic mass is 16.5. The summed E-state index contributed by atoms with van der Waals surface area (Å²) in [5.41, 5.74) is 2.79. The molecule has 2 atom stereocenters. The Morgan fingerprint density at radius 3 is 2.31 bits per heavy atom. The third kappa shape index (κ3) is 7.91. The van der Waals surface area contributed by atoms with E-state index in [0.717, 1.165) is 32.8 Å². The van der Waals surface area contributed by atoms with Gasteiger partial charge in [0.1, 0.15) is 6.04 Å². The van der Waals surface area contributed by atoms with Crippen molar-refractivity contribution in [2.24, 2.45) is 5.92 Å². The molecule has 0 aliphatic rings. The predicted molar refractivity (Wildman–Crippen MR) is 166 cm³/mol. The van der Waals surface area contributed by atoms with E-state index in [1.54, 1.807) is 11.9 Å². The van der Waals surface area contributed by atoms with Crippen molar-refractivity contribution in [2.75, 3.05) is 20.7 Å². The highest BCUT2D eigenvalue weighted by Gasteiger charge is 2.34. The number of rotatable bonds is 13. The van der Waals surface area contributed by atoms with E-state index in [0.29, 0.717) is 19.4 Å². The Morgan fingerprint density at radius 1 is 0.905 bits per heavy atom. The smallest absolute Gasteiger partial charge is 0.307 e. The molecule has 42 heavy (non-hydrogen) atoms. The summed E-state index contributed by atoms with van der Waals surface area (Å²) in [5, 5.41) is 9.35. The molecule has 4 rings (SSSR count). The number of likely N-dealkylation sites (N-methyl/N-ethyl adjacent to an activating group) is 1. The van der Waals surface area contributed by atoms with Gasteiger partial charge in [-0.25, -0.2) is 0 Å². The zero-order chi connectivity index (χ0) is 30.1. The number of nitrogens with one attached hydrogen (secondary N) is 2. The number of hydrogen-bond acceptors (Lipinski definition) is 6. The molecule has 1 aromatic heterocycles. The van der Waals surface area contributed by atoms with Crippen LogP contribution in [0.1, 0.15) is 37.8 Å². The maximum Gasteiger partial charge on any atom is 0.307 e. The number of aromatic nitrogens is 1. The number of nitrogens with zero attached hydrogens (tertiary/aromatic N) is 2. The van der Waals surface area contributed by atoms with Crippen molar-refractivity contribution in [1.29, 1.82) is 0 Å². The first-order valence-electron chi connectivity index (χ1n) is 14.4. The summed E-state index contributed by atoms with van der Waals surface area (Å²) >= 11 is 0. The topological polar surface area (TPSA) is 101 Å². The van der Waals surface area contributed by atoms with E-state index >= 15 is 0 Å². The second-order valence-corrected chi connectivity index (χ2v) is 11.0. The van der Waals surface area contributed by atoms with Crippen LogP contribution in [0.3, 0.4) is 0 Å². The Bertz CT molecular complexity index is 1540. The van der Waals surface area contributed by atoms with E-state index in [9.17, 15) is 14.4 Å². The standard InChI is InChI=1S/C34H40N4O4/c1-23(2)17-30(37-22-25-19-28-11-7-8-12-29(28)36-21-25)34(41)38(16-15-32(39)42-4)31(33(40)35-3)20-24-13-14-26-9-5-6-10-27(26)18-24/h5-14,18-19,21,23,30-31,37H,15-17,20,22H2,1-4H3,(H,35,40)/t30-,31-/m0/s1. The van der Waals surface area contributed by atoms with Gasteiger partial charge in [0.2, 0.25) is 11.8 Å². The second kappa shape index (κ2) is 14.5. The van der Waals surface area contributed by atoms with E-state index in [4.69, 9.17) is 4.74 Å². The fourth-order valence-corrected chi connectivity index (χ4v) is 5.23. The van der Waals surface area contributed by atoms with Crippen molar-refractivity contribution in [2.45, 2.75) is 51.7 Å². The van der Waals surface area contributed by atoms with Crippen LogP contribution in [0, 0.1) is 5.92 Å². The minimum atomic E-state index is -0.813. The lowest BCUT2D eigenvalue weighted by Gasteiger charge is -2.34. The summed E-state index contributed by atoms with van der Waals surface area (Å²) < 4.78 is 4.88. The number of hydrogen-bond donors (Lipinski definition) is 2. The zero-order valence-corrected chi connectivity index (χ0v) is 24.8. The monoisotopic (exact) mass is 568 g/mol. The normalized spacial score (nSPS) is 12.7. The van der Waals surface area contributed by atoms with Crippen LogP contribution in [0.2, 0.25) is 0 Å². The van der Waals surface area contributed by atoms with Gasteiger partial charge in [0.05, 0.1) is 25.1 Å². The second-order valence-electron chi connectivity index (χ2n) is 11.0. The molecule has 0 aliphatic carbocycles. The van der Waals surface area contributed by atoms with Crippen molar-refractivity contribution in [3.05, 3.63) is 90.1 Å². The zero-order valence-electron chi connectivity index (χ0n) is 24.8. The summed E-state index contributed by atoms with van der Waals surface area (Å²) in [6.45, 7) is 4.61. The predicted octanol–water partition coefficient (Wildman–Crippen LogP) is 4.64. The van der Waals surface area contributed by atoms with Crippen LogP contribution in [-0.4, -0.2) is 60.5 Å². The molecule has 4 aromatic rings. The number of para-hydroxylation sites is 1. The molecular weight excluding hydrogens is 528 g/mol. The molecule has 0 aliphatic heterocycles. The maximum atomic E-state index is 14.3. The highest BCUT2D eigenvalue weighted by Crippen LogP contribution is 2.20. The number of methoxy groups -OCH3 is 1. The van der Waals surface area contributed by atoms with Gasteiger partial charge < -0.3 is 20.3 Å². The lowest BCUT2D eigenvalue weighted by Crippen LogP contribution is -2.56. The van der Waals surface area contributed by atoms with Gasteiger partial charge >= 0.3 is 5.97 Å². The maximum absolute atomic E-state index is 14.3. The van der Waals surface area contributed by atoms with Crippen molar-refractivity contribution in [1.82, 2.24) is 20.5 Å². The molecule has 2 N–H and O–H groups in total. The molecule has 2 amide bonds. The number of pyridine rings is 1. The van der Waals surface area contributed by atoms with Crippen LogP contribution in [0.25, 0.3) is 21.7 Å².